The molecule has 0 bridgehead atoms. The van der Waals surface area contributed by atoms with Crippen molar-refractivity contribution >= 4 is 22.5 Å². The van der Waals surface area contributed by atoms with Crippen LogP contribution in [0.1, 0.15) is 25.7 Å². The Hall–Kier alpha value is -2.28. The monoisotopic (exact) mass is 366 g/mol. The number of fused-ring (bicyclic) bond motifs is 1. The molecule has 4 nitrogen and oxygen atoms in total. The van der Waals surface area contributed by atoms with E-state index in [9.17, 15) is 18.0 Å². The van der Waals surface area contributed by atoms with Crippen LogP contribution in [0.3, 0.4) is 0 Å². The average molecular weight is 366 g/mol. The van der Waals surface area contributed by atoms with Crippen molar-refractivity contribution in [1.29, 1.82) is 0 Å². The van der Waals surface area contributed by atoms with Gasteiger partial charge >= 0.3 is 12.2 Å². The molecule has 26 heavy (non-hydrogen) atoms. The first-order valence-electron chi connectivity index (χ1n) is 8.64. The first-order chi connectivity index (χ1) is 12.4. The van der Waals surface area contributed by atoms with Crippen molar-refractivity contribution in [3.63, 3.8) is 0 Å². The van der Waals surface area contributed by atoms with Crippen LogP contribution in [0, 0.1) is 0 Å². The van der Waals surface area contributed by atoms with Crippen LogP contribution in [-0.2, 0) is 4.74 Å². The Bertz CT molecular complexity index is 759. The normalized spacial score (nSPS) is 20.7. The van der Waals surface area contributed by atoms with Gasteiger partial charge in [0.2, 0.25) is 0 Å². The van der Waals surface area contributed by atoms with E-state index >= 15 is 0 Å². The molecular formula is C19H21F3N2O2. The predicted octanol–water partition coefficient (Wildman–Crippen LogP) is 4.85. The number of carbonyl (C=O) groups is 1. The number of anilines is 1. The number of ether oxygens (including phenoxy) is 1. The van der Waals surface area contributed by atoms with E-state index in [-0.39, 0.29) is 12.1 Å². The van der Waals surface area contributed by atoms with Crippen LogP contribution in [-0.4, -0.2) is 31.0 Å². The summed E-state index contributed by atoms with van der Waals surface area (Å²) in [6.45, 7) is -1.24. The van der Waals surface area contributed by atoms with Gasteiger partial charge in [-0.3, -0.25) is 0 Å². The third-order valence-corrected chi connectivity index (χ3v) is 4.48. The van der Waals surface area contributed by atoms with Gasteiger partial charge in [-0.2, -0.15) is 13.2 Å². The summed E-state index contributed by atoms with van der Waals surface area (Å²) in [4.78, 5) is 12.3. The number of carbonyl (C=O) groups excluding carboxylic acids is 1. The maximum Gasteiger partial charge on any atom is 0.411 e. The Balaban J connectivity index is 1.56. The summed E-state index contributed by atoms with van der Waals surface area (Å²) in [6.07, 6.45) is -2.38. The lowest BCUT2D eigenvalue weighted by Crippen LogP contribution is -2.43. The summed E-state index contributed by atoms with van der Waals surface area (Å²) < 4.78 is 41.8. The van der Waals surface area contributed by atoms with Crippen LogP contribution in [0.2, 0.25) is 0 Å². The number of halogens is 3. The zero-order valence-electron chi connectivity index (χ0n) is 14.2. The van der Waals surface area contributed by atoms with Crippen molar-refractivity contribution in [2.75, 3.05) is 11.9 Å². The molecule has 0 aliphatic heterocycles. The molecule has 1 aliphatic rings. The molecule has 1 aliphatic carbocycles. The van der Waals surface area contributed by atoms with E-state index in [0.717, 1.165) is 23.6 Å². The van der Waals surface area contributed by atoms with E-state index in [1.807, 2.05) is 42.5 Å². The van der Waals surface area contributed by atoms with Gasteiger partial charge in [-0.1, -0.05) is 36.4 Å². The molecule has 0 radical (unpaired) electrons. The SMILES string of the molecule is O=C(Nc1cccc2ccccc12)N[C@@H]1CCC[C@@H](OCC(F)(F)F)C1. The van der Waals surface area contributed by atoms with Gasteiger partial charge in [-0.25, -0.2) is 4.79 Å². The highest BCUT2D eigenvalue weighted by atomic mass is 19.4. The Morgan fingerprint density at radius 2 is 1.88 bits per heavy atom. The minimum atomic E-state index is -4.33. The summed E-state index contributed by atoms with van der Waals surface area (Å²) >= 11 is 0. The van der Waals surface area contributed by atoms with Gasteiger partial charge in [0.25, 0.3) is 0 Å². The van der Waals surface area contributed by atoms with Crippen molar-refractivity contribution in [2.24, 2.45) is 0 Å². The molecule has 0 aromatic heterocycles. The summed E-state index contributed by atoms with van der Waals surface area (Å²) in [5.74, 6) is 0. The number of hydrogen-bond acceptors (Lipinski definition) is 2. The van der Waals surface area contributed by atoms with E-state index in [0.29, 0.717) is 18.5 Å². The summed E-state index contributed by atoms with van der Waals surface area (Å²) in [7, 11) is 0. The van der Waals surface area contributed by atoms with E-state index in [2.05, 4.69) is 10.6 Å². The smallest absolute Gasteiger partial charge is 0.369 e. The minimum Gasteiger partial charge on any atom is -0.369 e. The number of hydrogen-bond donors (Lipinski definition) is 2. The first kappa shape index (κ1) is 18.5. The van der Waals surface area contributed by atoms with Crippen LogP contribution in [0.5, 0.6) is 0 Å². The molecule has 0 spiro atoms. The van der Waals surface area contributed by atoms with Gasteiger partial charge in [0.05, 0.1) is 11.8 Å². The molecule has 1 fully saturated rings. The summed E-state index contributed by atoms with van der Waals surface area (Å²) in [5.41, 5.74) is 0.696. The van der Waals surface area contributed by atoms with Crippen LogP contribution < -0.4 is 10.6 Å². The molecular weight excluding hydrogens is 345 g/mol. The number of amides is 2. The molecule has 2 aromatic carbocycles. The molecule has 2 N–H and O–H groups in total. The fraction of sp³-hybridized carbons (Fsp3) is 0.421. The second kappa shape index (κ2) is 7.95. The van der Waals surface area contributed by atoms with Crippen LogP contribution in [0.15, 0.2) is 42.5 Å². The van der Waals surface area contributed by atoms with Crippen molar-refractivity contribution in [1.82, 2.24) is 5.32 Å². The quantitative estimate of drug-likeness (QED) is 0.813. The van der Waals surface area contributed by atoms with E-state index < -0.39 is 18.9 Å². The molecule has 140 valence electrons. The van der Waals surface area contributed by atoms with Gasteiger partial charge in [0.15, 0.2) is 0 Å². The second-order valence-electron chi connectivity index (χ2n) is 6.54. The number of rotatable bonds is 4. The Morgan fingerprint density at radius 3 is 2.69 bits per heavy atom. The third-order valence-electron chi connectivity index (χ3n) is 4.48. The van der Waals surface area contributed by atoms with Crippen molar-refractivity contribution in [3.05, 3.63) is 42.5 Å². The van der Waals surface area contributed by atoms with Crippen molar-refractivity contribution in [2.45, 2.75) is 44.0 Å². The predicted molar refractivity (Wildman–Crippen MR) is 94.2 cm³/mol. The van der Waals surface area contributed by atoms with Gasteiger partial charge in [0, 0.05) is 11.4 Å². The van der Waals surface area contributed by atoms with Gasteiger partial charge in [0.1, 0.15) is 6.61 Å². The highest BCUT2D eigenvalue weighted by Gasteiger charge is 2.31. The molecule has 0 saturated heterocycles. The topological polar surface area (TPSA) is 50.4 Å². The molecule has 2 atom stereocenters. The molecule has 2 amide bonds. The minimum absolute atomic E-state index is 0.197. The maximum atomic E-state index is 12.3. The van der Waals surface area contributed by atoms with Crippen molar-refractivity contribution in [3.8, 4) is 0 Å². The molecule has 0 heterocycles. The lowest BCUT2D eigenvalue weighted by atomic mass is 9.93. The van der Waals surface area contributed by atoms with E-state index in [1.165, 1.54) is 0 Å². The summed E-state index contributed by atoms with van der Waals surface area (Å²) in [6, 6.07) is 12.8. The van der Waals surface area contributed by atoms with Gasteiger partial charge in [-0.05, 0) is 37.1 Å². The second-order valence-corrected chi connectivity index (χ2v) is 6.54. The van der Waals surface area contributed by atoms with E-state index in [4.69, 9.17) is 4.74 Å². The number of alkyl halides is 3. The number of nitrogens with one attached hydrogen (secondary N) is 2. The Kier molecular flexibility index (Phi) is 5.66. The number of urea groups is 1. The molecule has 7 heteroatoms. The average Bonchev–Trinajstić information content (AvgIpc) is 2.60. The van der Waals surface area contributed by atoms with Crippen LogP contribution in [0.25, 0.3) is 10.8 Å². The highest BCUT2D eigenvalue weighted by molar-refractivity contribution is 6.01. The summed E-state index contributed by atoms with van der Waals surface area (Å²) in [5, 5.41) is 7.63. The Labute approximate surface area is 149 Å². The maximum absolute atomic E-state index is 12.3. The van der Waals surface area contributed by atoms with Crippen LogP contribution in [0.4, 0.5) is 23.7 Å². The Morgan fingerprint density at radius 1 is 1.12 bits per heavy atom. The highest BCUT2D eigenvalue weighted by Crippen LogP contribution is 2.25. The van der Waals surface area contributed by atoms with Crippen LogP contribution >= 0.6 is 0 Å². The molecule has 1 saturated carbocycles. The fourth-order valence-corrected chi connectivity index (χ4v) is 3.32. The third kappa shape index (κ3) is 5.11. The largest absolute Gasteiger partial charge is 0.411 e. The molecule has 3 rings (SSSR count). The van der Waals surface area contributed by atoms with Gasteiger partial charge < -0.3 is 15.4 Å². The molecule has 2 aromatic rings. The molecule has 0 unspecified atom stereocenters. The van der Waals surface area contributed by atoms with Gasteiger partial charge in [-0.15, -0.1) is 0 Å². The fourth-order valence-electron chi connectivity index (χ4n) is 3.32. The zero-order valence-corrected chi connectivity index (χ0v) is 14.2. The zero-order chi connectivity index (χ0) is 18.6. The standard InChI is InChI=1S/C19H21F3N2O2/c20-19(21,22)12-26-15-8-4-7-14(11-15)23-18(25)24-17-10-3-6-13-5-1-2-9-16(13)17/h1-3,5-6,9-10,14-15H,4,7-8,11-12H2,(H2,23,24,25)/t14-,15-/m1/s1. The first-order valence-corrected chi connectivity index (χ1v) is 8.64. The van der Waals surface area contributed by atoms with Crippen molar-refractivity contribution < 1.29 is 22.7 Å². The van der Waals surface area contributed by atoms with E-state index in [1.54, 1.807) is 0 Å². The number of benzene rings is 2. The lowest BCUT2D eigenvalue weighted by molar-refractivity contribution is -0.188. The lowest BCUT2D eigenvalue weighted by Gasteiger charge is -2.30.